The van der Waals surface area contributed by atoms with Crippen LogP contribution in [0.1, 0.15) is 24.0 Å². The molecular formula is C9H13O+. The SMILES string of the molecule is CCc1cc(C)cc(C)[o+]1. The van der Waals surface area contributed by atoms with Gasteiger partial charge in [0.15, 0.2) is 0 Å². The zero-order chi connectivity index (χ0) is 7.56. The monoisotopic (exact) mass is 137 g/mol. The third-order valence-electron chi connectivity index (χ3n) is 1.46. The summed E-state index contributed by atoms with van der Waals surface area (Å²) in [6, 6.07) is 4.12. The maximum atomic E-state index is 5.41. The van der Waals surface area contributed by atoms with Crippen LogP contribution >= 0.6 is 0 Å². The van der Waals surface area contributed by atoms with Crippen LogP contribution in [-0.2, 0) is 6.42 Å². The van der Waals surface area contributed by atoms with Gasteiger partial charge in [-0.1, -0.05) is 6.92 Å². The zero-order valence-electron chi connectivity index (χ0n) is 6.77. The van der Waals surface area contributed by atoms with Crippen LogP contribution in [0, 0.1) is 13.8 Å². The second-order valence-corrected chi connectivity index (χ2v) is 2.57. The molecule has 0 spiro atoms. The van der Waals surface area contributed by atoms with Gasteiger partial charge in [-0.3, -0.25) is 0 Å². The molecule has 10 heavy (non-hydrogen) atoms. The van der Waals surface area contributed by atoms with Crippen molar-refractivity contribution in [1.29, 1.82) is 0 Å². The summed E-state index contributed by atoms with van der Waals surface area (Å²) in [6.45, 7) is 6.16. The minimum atomic E-state index is 0.975. The van der Waals surface area contributed by atoms with Crippen LogP contribution in [0.15, 0.2) is 16.5 Å². The second-order valence-electron chi connectivity index (χ2n) is 2.57. The van der Waals surface area contributed by atoms with E-state index in [0.717, 1.165) is 17.9 Å². The Morgan fingerprint density at radius 1 is 1.30 bits per heavy atom. The molecular weight excluding hydrogens is 124 g/mol. The molecule has 0 unspecified atom stereocenters. The quantitative estimate of drug-likeness (QED) is 0.542. The molecule has 1 heteroatoms. The molecule has 0 radical (unpaired) electrons. The van der Waals surface area contributed by atoms with Crippen LogP contribution in [-0.4, -0.2) is 0 Å². The minimum Gasteiger partial charge on any atom is -0.218 e. The van der Waals surface area contributed by atoms with Crippen molar-refractivity contribution in [2.75, 3.05) is 0 Å². The smallest absolute Gasteiger partial charge is 0.218 e. The lowest BCUT2D eigenvalue weighted by Gasteiger charge is -1.87. The lowest BCUT2D eigenvalue weighted by atomic mass is 10.2. The topological polar surface area (TPSA) is 11.3 Å². The highest BCUT2D eigenvalue weighted by Crippen LogP contribution is 2.08. The molecule has 54 valence electrons. The molecule has 1 nitrogen and oxygen atoms in total. The van der Waals surface area contributed by atoms with Gasteiger partial charge >= 0.3 is 11.5 Å². The fourth-order valence-corrected chi connectivity index (χ4v) is 1.06. The largest absolute Gasteiger partial charge is 0.329 e. The Kier molecular flexibility index (Phi) is 2.05. The molecule has 1 aromatic heterocycles. The molecule has 1 rings (SSSR count). The summed E-state index contributed by atoms with van der Waals surface area (Å²) in [5, 5.41) is 0. The summed E-state index contributed by atoms with van der Waals surface area (Å²) in [5.74, 6) is 2.06. The van der Waals surface area contributed by atoms with Gasteiger partial charge in [0.05, 0.1) is 13.3 Å². The maximum absolute atomic E-state index is 5.41. The first kappa shape index (κ1) is 7.26. The molecule has 0 atom stereocenters. The van der Waals surface area contributed by atoms with Gasteiger partial charge in [-0.05, 0) is 12.5 Å². The first-order chi connectivity index (χ1) is 4.72. The van der Waals surface area contributed by atoms with Gasteiger partial charge in [-0.2, -0.15) is 0 Å². The normalized spacial score (nSPS) is 9.90. The van der Waals surface area contributed by atoms with E-state index >= 15 is 0 Å². The molecule has 0 aliphatic heterocycles. The van der Waals surface area contributed by atoms with Crippen LogP contribution < -0.4 is 0 Å². The average Bonchev–Trinajstić information content (AvgIpc) is 1.85. The van der Waals surface area contributed by atoms with Crippen molar-refractivity contribution < 1.29 is 4.42 Å². The Bertz CT molecular complexity index is 208. The third kappa shape index (κ3) is 1.56. The summed E-state index contributed by atoms with van der Waals surface area (Å²) < 4.78 is 5.41. The first-order valence-corrected chi connectivity index (χ1v) is 3.62. The van der Waals surface area contributed by atoms with E-state index in [2.05, 4.69) is 19.9 Å². The van der Waals surface area contributed by atoms with Gasteiger partial charge < -0.3 is 0 Å². The highest BCUT2D eigenvalue weighted by atomic mass is 16.3. The predicted octanol–water partition coefficient (Wildman–Crippen LogP) is 2.74. The Hall–Kier alpha value is -0.850. The fraction of sp³-hybridized carbons (Fsp3) is 0.444. The van der Waals surface area contributed by atoms with Crippen molar-refractivity contribution >= 4 is 0 Å². The third-order valence-corrected chi connectivity index (χ3v) is 1.46. The molecule has 0 aliphatic carbocycles. The lowest BCUT2D eigenvalue weighted by Crippen LogP contribution is -1.83. The van der Waals surface area contributed by atoms with Crippen LogP contribution in [0.4, 0.5) is 0 Å². The second kappa shape index (κ2) is 2.82. The molecule has 0 bridgehead atoms. The van der Waals surface area contributed by atoms with Crippen LogP contribution in [0.25, 0.3) is 0 Å². The molecule has 0 fully saturated rings. The van der Waals surface area contributed by atoms with Crippen molar-refractivity contribution in [3.63, 3.8) is 0 Å². The van der Waals surface area contributed by atoms with Gasteiger partial charge in [0.25, 0.3) is 0 Å². The Morgan fingerprint density at radius 3 is 2.50 bits per heavy atom. The summed E-state index contributed by atoms with van der Waals surface area (Å²) in [6.07, 6.45) is 0.975. The van der Waals surface area contributed by atoms with Crippen molar-refractivity contribution in [3.8, 4) is 0 Å². The Balaban J connectivity index is 3.06. The summed E-state index contributed by atoms with van der Waals surface area (Å²) >= 11 is 0. The van der Waals surface area contributed by atoms with Crippen LogP contribution in [0.5, 0.6) is 0 Å². The van der Waals surface area contributed by atoms with E-state index < -0.39 is 0 Å². The van der Waals surface area contributed by atoms with Crippen molar-refractivity contribution in [3.05, 3.63) is 29.2 Å². The van der Waals surface area contributed by atoms with Crippen molar-refractivity contribution in [2.24, 2.45) is 0 Å². The standard InChI is InChI=1S/C9H13O/c1-4-9-6-7(2)5-8(3)10-9/h5-6H,4H2,1-3H3/q+1. The lowest BCUT2D eigenvalue weighted by molar-refractivity contribution is 0.469. The predicted molar refractivity (Wildman–Crippen MR) is 42.0 cm³/mol. The fourth-order valence-electron chi connectivity index (χ4n) is 1.06. The number of hydrogen-bond acceptors (Lipinski definition) is 0. The van der Waals surface area contributed by atoms with Crippen molar-refractivity contribution in [2.45, 2.75) is 27.2 Å². The maximum Gasteiger partial charge on any atom is 0.329 e. The molecule has 1 heterocycles. The Labute approximate surface area is 61.7 Å². The molecule has 0 aromatic carbocycles. The van der Waals surface area contributed by atoms with Crippen molar-refractivity contribution in [1.82, 2.24) is 0 Å². The molecule has 1 aromatic rings. The van der Waals surface area contributed by atoms with Crippen LogP contribution in [0.2, 0.25) is 0 Å². The molecule has 0 aliphatic rings. The minimum absolute atomic E-state index is 0.975. The van der Waals surface area contributed by atoms with E-state index in [0.29, 0.717) is 0 Å². The number of rotatable bonds is 1. The van der Waals surface area contributed by atoms with Gasteiger partial charge in [-0.25, -0.2) is 4.42 Å². The van der Waals surface area contributed by atoms with E-state index in [9.17, 15) is 0 Å². The number of aryl methyl sites for hydroxylation is 3. The van der Waals surface area contributed by atoms with Gasteiger partial charge in [0.2, 0.25) is 0 Å². The van der Waals surface area contributed by atoms with E-state index in [-0.39, 0.29) is 0 Å². The van der Waals surface area contributed by atoms with E-state index in [1.54, 1.807) is 0 Å². The summed E-state index contributed by atoms with van der Waals surface area (Å²) in [4.78, 5) is 0. The molecule has 0 saturated heterocycles. The molecule has 0 amide bonds. The van der Waals surface area contributed by atoms with Gasteiger partial charge in [0, 0.05) is 12.1 Å². The Morgan fingerprint density at radius 2 is 2.00 bits per heavy atom. The number of hydrogen-bond donors (Lipinski definition) is 0. The molecule has 0 saturated carbocycles. The van der Waals surface area contributed by atoms with Gasteiger partial charge in [0.1, 0.15) is 0 Å². The van der Waals surface area contributed by atoms with E-state index in [1.807, 2.05) is 13.0 Å². The van der Waals surface area contributed by atoms with Crippen LogP contribution in [0.3, 0.4) is 0 Å². The molecule has 0 N–H and O–H groups in total. The first-order valence-electron chi connectivity index (χ1n) is 3.62. The highest BCUT2D eigenvalue weighted by Gasteiger charge is 2.06. The summed E-state index contributed by atoms with van der Waals surface area (Å²) in [7, 11) is 0. The van der Waals surface area contributed by atoms with E-state index in [4.69, 9.17) is 4.42 Å². The summed E-state index contributed by atoms with van der Waals surface area (Å²) in [5.41, 5.74) is 1.28. The zero-order valence-corrected chi connectivity index (χ0v) is 6.77. The van der Waals surface area contributed by atoms with Gasteiger partial charge in [-0.15, -0.1) is 0 Å². The highest BCUT2D eigenvalue weighted by molar-refractivity contribution is 5.15. The average molecular weight is 137 g/mol. The van der Waals surface area contributed by atoms with E-state index in [1.165, 1.54) is 5.56 Å².